The highest BCUT2D eigenvalue weighted by Crippen LogP contribution is 2.62. The first kappa shape index (κ1) is 43.2. The Morgan fingerprint density at radius 2 is 0.360 bits per heavy atom. The molecule has 0 heterocycles. The quantitative estimate of drug-likeness (QED) is 0.165. The molecule has 9 aromatic rings. The molecule has 366 valence electrons. The second kappa shape index (κ2) is 15.7. The largest absolute Gasteiger partial charge is 0.496 e. The van der Waals surface area contributed by atoms with E-state index in [1.54, 1.807) is 0 Å². The Balaban J connectivity index is 0.965. The van der Waals surface area contributed by atoms with Gasteiger partial charge < -0.3 is 28.4 Å². The van der Waals surface area contributed by atoms with Crippen molar-refractivity contribution in [2.75, 3.05) is 42.7 Å². The lowest BCUT2D eigenvalue weighted by Crippen LogP contribution is -2.28. The van der Waals surface area contributed by atoms with Crippen LogP contribution in [0.25, 0.3) is 0 Å². The van der Waals surface area contributed by atoms with Crippen LogP contribution < -0.4 is 28.4 Å². The highest BCUT2D eigenvalue weighted by Gasteiger charge is 2.46. The molecule has 0 aliphatic heterocycles. The molecule has 6 unspecified atom stereocenters. The first-order valence-electron chi connectivity index (χ1n) is 26.4. The summed E-state index contributed by atoms with van der Waals surface area (Å²) in [6, 6.07) is 55.9. The number of hydrogen-bond donors (Lipinski definition) is 0. The van der Waals surface area contributed by atoms with E-state index in [4.69, 9.17) is 28.4 Å². The van der Waals surface area contributed by atoms with E-state index >= 15 is 0 Å². The predicted molar refractivity (Wildman–Crippen MR) is 291 cm³/mol. The van der Waals surface area contributed by atoms with Gasteiger partial charge in [-0.25, -0.2) is 0 Å². The van der Waals surface area contributed by atoms with Crippen LogP contribution in [-0.2, 0) is 19.3 Å². The van der Waals surface area contributed by atoms with Gasteiger partial charge in [0.25, 0.3) is 0 Å². The molecule has 0 amide bonds. The topological polar surface area (TPSA) is 55.4 Å². The third kappa shape index (κ3) is 5.69. The average Bonchev–Trinajstić information content (AvgIpc) is 3.49. The third-order valence-electron chi connectivity index (χ3n) is 18.6. The molecule has 6 atom stereocenters. The Morgan fingerprint density at radius 1 is 0.213 bits per heavy atom. The van der Waals surface area contributed by atoms with E-state index in [1.165, 1.54) is 100 Å². The van der Waals surface area contributed by atoms with Crippen molar-refractivity contribution in [3.63, 3.8) is 0 Å². The summed E-state index contributed by atoms with van der Waals surface area (Å²) in [5.41, 5.74) is 30.7. The van der Waals surface area contributed by atoms with Gasteiger partial charge in [0, 0.05) is 54.8 Å². The lowest BCUT2D eigenvalue weighted by atomic mass is 9.60. The lowest BCUT2D eigenvalue weighted by molar-refractivity contribution is 0.403. The molecule has 0 saturated heterocycles. The fraction of sp³-hybridized carbons (Fsp3) is 0.217. The molecule has 0 aromatic heterocycles. The van der Waals surface area contributed by atoms with Crippen molar-refractivity contribution < 1.29 is 28.4 Å². The molecule has 9 aromatic carbocycles. The SMILES string of the molecule is COc1cc2c3cc1Cc1cc4c(cc1OC)C1c5ccccc5C4c4cc(OC)c(cc41)Cc1cc4c(cc1OC)C1c5ccccc5C4c4cc(OC)c(cc41)Cc1cc4c(cc1OC)C3c1ccccc1C42. The van der Waals surface area contributed by atoms with Crippen molar-refractivity contribution in [3.8, 4) is 34.5 Å². The highest BCUT2D eigenvalue weighted by atomic mass is 16.5. The maximum Gasteiger partial charge on any atom is 0.122 e. The number of benzene rings is 9. The second-order valence-corrected chi connectivity index (χ2v) is 21.8. The van der Waals surface area contributed by atoms with Gasteiger partial charge in [0.1, 0.15) is 34.5 Å². The van der Waals surface area contributed by atoms with Crippen molar-refractivity contribution in [1.82, 2.24) is 0 Å². The normalized spacial score (nSPS) is 20.2. The van der Waals surface area contributed by atoms with Crippen molar-refractivity contribution in [3.05, 3.63) is 279 Å². The first-order chi connectivity index (χ1) is 36.9. The molecule has 6 nitrogen and oxygen atoms in total. The lowest BCUT2D eigenvalue weighted by Gasteiger charge is -2.43. The van der Waals surface area contributed by atoms with E-state index in [-0.39, 0.29) is 35.5 Å². The Hall–Kier alpha value is -8.22. The van der Waals surface area contributed by atoms with E-state index in [1.807, 2.05) is 42.7 Å². The molecule has 29 aliphatic carbocycles. The molecule has 75 heavy (non-hydrogen) atoms. The van der Waals surface area contributed by atoms with Gasteiger partial charge in [0.2, 0.25) is 0 Å². The summed E-state index contributed by atoms with van der Waals surface area (Å²) in [5, 5.41) is 0. The van der Waals surface area contributed by atoms with Gasteiger partial charge in [-0.05, 0) is 170 Å². The minimum absolute atomic E-state index is 0.0203. The molecule has 6 heteroatoms. The van der Waals surface area contributed by atoms with Crippen LogP contribution in [-0.4, -0.2) is 42.7 Å². The highest BCUT2D eigenvalue weighted by molar-refractivity contribution is 5.76. The summed E-state index contributed by atoms with van der Waals surface area (Å²) < 4.78 is 38.6. The van der Waals surface area contributed by atoms with Gasteiger partial charge in [-0.15, -0.1) is 0 Å². The van der Waals surface area contributed by atoms with Gasteiger partial charge >= 0.3 is 0 Å². The van der Waals surface area contributed by atoms with Crippen LogP contribution in [0.4, 0.5) is 0 Å². The van der Waals surface area contributed by atoms with E-state index in [2.05, 4.69) is 146 Å². The standard InChI is InChI=1S/C69H54O6/c1-70-58-28-52-46-22-34(58)19-35-23-48-54(29-59(35)71-2)67-43-16-10-9-15-42(43)66(48)55-31-61(73-4)38(26-49(55)67)21-39-27-51-57(33-63(39)75-6)68-44-17-11-12-18-45(44)69(51)56-32-62(74-5)37(25-50(56)68)20-36-24-47-53(30-60(36)72-3)65(46)41-14-8-7-13-40(41)64(47)52/h7-18,22-33,64-69H,19-21H2,1-6H3. The number of methoxy groups -OCH3 is 6. The van der Waals surface area contributed by atoms with Gasteiger partial charge in [0.15, 0.2) is 0 Å². The van der Waals surface area contributed by atoms with Gasteiger partial charge in [-0.2, -0.15) is 0 Å². The summed E-state index contributed by atoms with van der Waals surface area (Å²) in [4.78, 5) is 0. The zero-order valence-electron chi connectivity index (χ0n) is 42.9. The molecular formula is C69H54O6. The number of rotatable bonds is 6. The van der Waals surface area contributed by atoms with Gasteiger partial charge in [-0.3, -0.25) is 0 Å². The Labute approximate surface area is 437 Å². The molecule has 29 aliphatic rings. The number of ether oxygens (including phenoxy) is 6. The van der Waals surface area contributed by atoms with Crippen molar-refractivity contribution in [1.29, 1.82) is 0 Å². The molecule has 38 rings (SSSR count). The Morgan fingerprint density at radius 3 is 0.507 bits per heavy atom. The zero-order valence-corrected chi connectivity index (χ0v) is 42.9. The van der Waals surface area contributed by atoms with E-state index in [0.717, 1.165) is 67.9 Å². The summed E-state index contributed by atoms with van der Waals surface area (Å²) in [7, 11) is 10.9. The summed E-state index contributed by atoms with van der Waals surface area (Å²) in [6.07, 6.45) is 1.94. The van der Waals surface area contributed by atoms with Crippen molar-refractivity contribution in [2.45, 2.75) is 54.8 Å². The van der Waals surface area contributed by atoms with Gasteiger partial charge in [0.05, 0.1) is 42.7 Å². The van der Waals surface area contributed by atoms with Crippen LogP contribution in [0.5, 0.6) is 34.5 Å². The number of hydrogen-bond acceptors (Lipinski definition) is 6. The van der Waals surface area contributed by atoms with Crippen LogP contribution in [0.2, 0.25) is 0 Å². The maximum atomic E-state index is 6.43. The van der Waals surface area contributed by atoms with Gasteiger partial charge in [-0.1, -0.05) is 109 Å². The monoisotopic (exact) mass is 978 g/mol. The van der Waals surface area contributed by atoms with Crippen LogP contribution in [0.1, 0.15) is 169 Å². The average molecular weight is 979 g/mol. The van der Waals surface area contributed by atoms with E-state index in [9.17, 15) is 0 Å². The molecule has 24 bridgehead atoms. The Kier molecular flexibility index (Phi) is 9.02. The summed E-state index contributed by atoms with van der Waals surface area (Å²) in [5.74, 6) is 5.48. The van der Waals surface area contributed by atoms with Crippen molar-refractivity contribution >= 4 is 0 Å². The fourth-order valence-corrected chi connectivity index (χ4v) is 15.7. The molecule has 0 radical (unpaired) electrons. The van der Waals surface area contributed by atoms with E-state index in [0.29, 0.717) is 19.3 Å². The molecule has 0 saturated carbocycles. The second-order valence-electron chi connectivity index (χ2n) is 21.8. The predicted octanol–water partition coefficient (Wildman–Crippen LogP) is 13.8. The molecule has 0 spiro atoms. The molecule has 0 fully saturated rings. The minimum Gasteiger partial charge on any atom is -0.496 e. The molecular weight excluding hydrogens is 925 g/mol. The smallest absolute Gasteiger partial charge is 0.122 e. The fourth-order valence-electron chi connectivity index (χ4n) is 15.7. The van der Waals surface area contributed by atoms with Crippen molar-refractivity contribution in [2.24, 2.45) is 0 Å². The van der Waals surface area contributed by atoms with Crippen LogP contribution in [0.15, 0.2) is 146 Å². The zero-order chi connectivity index (χ0) is 50.1. The van der Waals surface area contributed by atoms with E-state index < -0.39 is 0 Å². The summed E-state index contributed by atoms with van der Waals surface area (Å²) >= 11 is 0. The first-order valence-corrected chi connectivity index (χ1v) is 26.4. The van der Waals surface area contributed by atoms with Crippen LogP contribution >= 0.6 is 0 Å². The third-order valence-corrected chi connectivity index (χ3v) is 18.6. The summed E-state index contributed by atoms with van der Waals surface area (Å²) in [6.45, 7) is 0. The molecule has 0 N–H and O–H groups in total. The minimum atomic E-state index is 0.0203. The maximum absolute atomic E-state index is 6.43. The van der Waals surface area contributed by atoms with Crippen LogP contribution in [0.3, 0.4) is 0 Å². The Bertz CT molecular complexity index is 3350. The van der Waals surface area contributed by atoms with Crippen LogP contribution in [0, 0.1) is 0 Å².